The molecule has 0 atom stereocenters. The van der Waals surface area contributed by atoms with Crippen LogP contribution in [0.4, 0.5) is 5.69 Å². The van der Waals surface area contributed by atoms with Crippen LogP contribution in [0, 0.1) is 10.1 Å². The number of para-hydroxylation sites is 2. The fraction of sp³-hybridized carbons (Fsp3) is 0.400. The van der Waals surface area contributed by atoms with Crippen LogP contribution in [0.15, 0.2) is 24.3 Å². The van der Waals surface area contributed by atoms with Crippen LogP contribution < -0.4 is 4.74 Å². The Hall–Kier alpha value is -1.66. The lowest BCUT2D eigenvalue weighted by atomic mass is 10.3. The lowest BCUT2D eigenvalue weighted by molar-refractivity contribution is -0.389. The fourth-order valence-electron chi connectivity index (χ4n) is 1.40. The van der Waals surface area contributed by atoms with Gasteiger partial charge in [0.2, 0.25) is 0 Å². The van der Waals surface area contributed by atoms with Crippen LogP contribution in [0.3, 0.4) is 0 Å². The van der Waals surface area contributed by atoms with Gasteiger partial charge in [0.25, 0.3) is 0 Å². The molecule has 0 N–H and O–H groups in total. The van der Waals surface area contributed by atoms with E-state index in [-0.39, 0.29) is 24.3 Å². The largest absolute Gasteiger partial charge is 0.481 e. The van der Waals surface area contributed by atoms with Crippen LogP contribution >= 0.6 is 0 Å². The van der Waals surface area contributed by atoms with Gasteiger partial charge in [-0.1, -0.05) is 12.1 Å². The summed E-state index contributed by atoms with van der Waals surface area (Å²) in [4.78, 5) is 10.2. The van der Waals surface area contributed by atoms with Gasteiger partial charge >= 0.3 is 5.69 Å². The smallest absolute Gasteiger partial charge is 0.310 e. The Balaban J connectivity index is 1.95. The molecule has 1 aromatic rings. The van der Waals surface area contributed by atoms with Crippen molar-refractivity contribution in [2.24, 2.45) is 0 Å². The first-order valence-electron chi connectivity index (χ1n) is 4.84. The summed E-state index contributed by atoms with van der Waals surface area (Å²) in [6.07, 6.45) is -0.658. The second-order valence-electron chi connectivity index (χ2n) is 3.31. The van der Waals surface area contributed by atoms with E-state index in [0.717, 1.165) is 0 Å². The van der Waals surface area contributed by atoms with Crippen molar-refractivity contribution in [3.05, 3.63) is 34.4 Å². The van der Waals surface area contributed by atoms with E-state index in [1.165, 1.54) is 6.07 Å². The topological polar surface area (TPSA) is 70.8 Å². The summed E-state index contributed by atoms with van der Waals surface area (Å²) in [5.74, 6) is 0.222. The van der Waals surface area contributed by atoms with Gasteiger partial charge in [0, 0.05) is 6.07 Å². The molecule has 16 heavy (non-hydrogen) atoms. The Kier molecular flexibility index (Phi) is 3.02. The number of nitrogens with zero attached hydrogens (tertiary/aromatic N) is 1. The minimum atomic E-state index is -0.486. The monoisotopic (exact) mass is 225 g/mol. The van der Waals surface area contributed by atoms with Gasteiger partial charge in [-0.2, -0.15) is 0 Å². The minimum absolute atomic E-state index is 0.0603. The number of rotatable bonds is 4. The Labute approximate surface area is 91.9 Å². The van der Waals surface area contributed by atoms with Gasteiger partial charge in [0.05, 0.1) is 4.92 Å². The van der Waals surface area contributed by atoms with Crippen molar-refractivity contribution in [2.75, 3.05) is 6.61 Å². The summed E-state index contributed by atoms with van der Waals surface area (Å²) >= 11 is 0. The molecular weight excluding hydrogens is 214 g/mol. The predicted octanol–water partition coefficient (Wildman–Crippen LogP) is 1.69. The molecule has 1 aliphatic heterocycles. The Morgan fingerprint density at radius 1 is 1.44 bits per heavy atom. The number of nitro benzene ring substituents is 1. The third-order valence-corrected chi connectivity index (χ3v) is 2.12. The van der Waals surface area contributed by atoms with Crippen molar-refractivity contribution in [2.45, 2.75) is 19.5 Å². The van der Waals surface area contributed by atoms with Crippen molar-refractivity contribution >= 4 is 5.69 Å². The lowest BCUT2D eigenvalue weighted by Crippen LogP contribution is -2.42. The van der Waals surface area contributed by atoms with Crippen molar-refractivity contribution in [3.63, 3.8) is 0 Å². The molecule has 0 bridgehead atoms. The van der Waals surface area contributed by atoms with Gasteiger partial charge in [0.1, 0.15) is 6.61 Å². The lowest BCUT2D eigenvalue weighted by Gasteiger charge is -2.33. The first kappa shape index (κ1) is 10.8. The summed E-state index contributed by atoms with van der Waals surface area (Å²) in [6, 6.07) is 6.19. The molecule has 6 nitrogen and oxygen atoms in total. The number of ether oxygens (including phenoxy) is 3. The molecule has 6 heteroatoms. The molecule has 1 saturated heterocycles. The summed E-state index contributed by atoms with van der Waals surface area (Å²) in [5.41, 5.74) is -0.0603. The molecule has 0 aliphatic carbocycles. The van der Waals surface area contributed by atoms with Gasteiger partial charge < -0.3 is 14.2 Å². The maximum absolute atomic E-state index is 10.7. The third-order valence-electron chi connectivity index (χ3n) is 2.12. The average Bonchev–Trinajstić information content (AvgIpc) is 2.23. The molecule has 1 aliphatic rings. The van der Waals surface area contributed by atoms with Gasteiger partial charge in [-0.05, 0) is 13.0 Å². The van der Waals surface area contributed by atoms with Crippen molar-refractivity contribution in [1.82, 2.24) is 0 Å². The molecule has 2 rings (SSSR count). The van der Waals surface area contributed by atoms with E-state index in [1.54, 1.807) is 25.1 Å². The zero-order chi connectivity index (χ0) is 11.5. The second-order valence-corrected chi connectivity index (χ2v) is 3.31. The molecule has 1 fully saturated rings. The normalized spacial score (nSPS) is 23.6. The molecule has 1 aromatic carbocycles. The Morgan fingerprint density at radius 2 is 2.12 bits per heavy atom. The van der Waals surface area contributed by atoms with Crippen molar-refractivity contribution in [3.8, 4) is 5.75 Å². The quantitative estimate of drug-likeness (QED) is 0.576. The number of nitro groups is 1. The summed E-state index contributed by atoms with van der Waals surface area (Å²) in [6.45, 7) is 1.91. The first-order valence-corrected chi connectivity index (χ1v) is 4.84. The van der Waals surface area contributed by atoms with Gasteiger partial charge in [-0.15, -0.1) is 0 Å². The molecule has 0 saturated carbocycles. The maximum atomic E-state index is 10.7. The Bertz CT molecular complexity index is 389. The van der Waals surface area contributed by atoms with Crippen LogP contribution in [0.25, 0.3) is 0 Å². The van der Waals surface area contributed by atoms with Gasteiger partial charge in [-0.3, -0.25) is 10.1 Å². The Morgan fingerprint density at radius 3 is 2.75 bits per heavy atom. The summed E-state index contributed by atoms with van der Waals surface area (Å²) < 4.78 is 15.5. The van der Waals surface area contributed by atoms with Gasteiger partial charge in [0.15, 0.2) is 18.3 Å². The van der Waals surface area contributed by atoms with E-state index >= 15 is 0 Å². The SMILES string of the molecule is CC1OC(COc2ccccc2[N+](=O)[O-])O1. The molecular formula is C10H11NO5. The van der Waals surface area contributed by atoms with Crippen LogP contribution in [-0.2, 0) is 9.47 Å². The highest BCUT2D eigenvalue weighted by molar-refractivity contribution is 5.45. The molecule has 0 amide bonds. The van der Waals surface area contributed by atoms with E-state index in [0.29, 0.717) is 0 Å². The molecule has 1 heterocycles. The van der Waals surface area contributed by atoms with E-state index < -0.39 is 11.2 Å². The standard InChI is InChI=1S/C10H11NO5/c1-7-15-10(16-7)6-14-9-5-3-2-4-8(9)11(12)13/h2-5,7,10H,6H2,1H3. The highest BCUT2D eigenvalue weighted by Gasteiger charge is 2.28. The zero-order valence-electron chi connectivity index (χ0n) is 8.66. The average molecular weight is 225 g/mol. The van der Waals surface area contributed by atoms with E-state index in [9.17, 15) is 10.1 Å². The van der Waals surface area contributed by atoms with E-state index in [1.807, 2.05) is 0 Å². The highest BCUT2D eigenvalue weighted by Crippen LogP contribution is 2.27. The fourth-order valence-corrected chi connectivity index (χ4v) is 1.40. The van der Waals surface area contributed by atoms with Crippen LogP contribution in [-0.4, -0.2) is 24.1 Å². The number of benzene rings is 1. The molecule has 0 radical (unpaired) electrons. The first-order chi connectivity index (χ1) is 7.66. The van der Waals surface area contributed by atoms with Crippen LogP contribution in [0.5, 0.6) is 5.75 Å². The predicted molar refractivity (Wildman–Crippen MR) is 54.0 cm³/mol. The van der Waals surface area contributed by atoms with Crippen LogP contribution in [0.1, 0.15) is 6.92 Å². The molecule has 0 spiro atoms. The highest BCUT2D eigenvalue weighted by atomic mass is 16.9. The summed E-state index contributed by atoms with van der Waals surface area (Å²) in [7, 11) is 0. The minimum Gasteiger partial charge on any atom is -0.481 e. The van der Waals surface area contributed by atoms with Crippen molar-refractivity contribution in [1.29, 1.82) is 0 Å². The second kappa shape index (κ2) is 4.46. The molecule has 86 valence electrons. The molecule has 0 unspecified atom stereocenters. The third kappa shape index (κ3) is 2.29. The maximum Gasteiger partial charge on any atom is 0.310 e. The number of hydrogen-bond donors (Lipinski definition) is 0. The zero-order valence-corrected chi connectivity index (χ0v) is 8.66. The number of hydrogen-bond acceptors (Lipinski definition) is 5. The van der Waals surface area contributed by atoms with E-state index in [2.05, 4.69) is 0 Å². The van der Waals surface area contributed by atoms with Crippen LogP contribution in [0.2, 0.25) is 0 Å². The van der Waals surface area contributed by atoms with Crippen molar-refractivity contribution < 1.29 is 19.1 Å². The summed E-state index contributed by atoms with van der Waals surface area (Å²) in [5, 5.41) is 10.7. The van der Waals surface area contributed by atoms with Gasteiger partial charge in [-0.25, -0.2) is 0 Å². The molecule has 0 aromatic heterocycles. The van der Waals surface area contributed by atoms with E-state index in [4.69, 9.17) is 14.2 Å².